The average molecular weight is 380 g/mol. The van der Waals surface area contributed by atoms with Crippen LogP contribution in [0.15, 0.2) is 45.9 Å². The zero-order chi connectivity index (χ0) is 19.3. The summed E-state index contributed by atoms with van der Waals surface area (Å²) in [5.41, 5.74) is 0.586. The molecule has 140 valence electrons. The lowest BCUT2D eigenvalue weighted by molar-refractivity contribution is 0.0695. The van der Waals surface area contributed by atoms with Gasteiger partial charge in [-0.25, -0.2) is 13.2 Å². The monoisotopic (exact) mass is 380 g/mol. The number of carbonyl (C=O) groups is 2. The molecule has 0 aliphatic heterocycles. The molecule has 26 heavy (non-hydrogen) atoms. The summed E-state index contributed by atoms with van der Waals surface area (Å²) in [4.78, 5) is 22.9. The normalized spacial score (nSPS) is 11.5. The predicted octanol–water partition coefficient (Wildman–Crippen LogP) is 1.94. The largest absolute Gasteiger partial charge is 0.478 e. The number of sulfonamides is 1. The van der Waals surface area contributed by atoms with E-state index in [4.69, 9.17) is 9.52 Å². The van der Waals surface area contributed by atoms with Crippen LogP contribution in [0.1, 0.15) is 40.3 Å². The molecule has 0 radical (unpaired) electrons. The maximum absolute atomic E-state index is 12.4. The van der Waals surface area contributed by atoms with Crippen molar-refractivity contribution >= 4 is 21.9 Å². The number of furan rings is 1. The van der Waals surface area contributed by atoms with Crippen molar-refractivity contribution < 1.29 is 27.5 Å². The number of carboxylic acid groups (broad SMARTS) is 1. The van der Waals surface area contributed by atoms with Gasteiger partial charge in [-0.1, -0.05) is 26.0 Å². The zero-order valence-electron chi connectivity index (χ0n) is 14.4. The summed E-state index contributed by atoms with van der Waals surface area (Å²) >= 11 is 0. The molecule has 2 rings (SSSR count). The summed E-state index contributed by atoms with van der Waals surface area (Å²) in [6.07, 6.45) is 0.990. The predicted molar refractivity (Wildman–Crippen MR) is 93.4 cm³/mol. The first-order valence-electron chi connectivity index (χ1n) is 7.98. The Hall–Kier alpha value is -2.65. The van der Waals surface area contributed by atoms with Gasteiger partial charge in [0, 0.05) is 25.7 Å². The van der Waals surface area contributed by atoms with E-state index in [0.717, 1.165) is 12.3 Å². The van der Waals surface area contributed by atoms with Gasteiger partial charge in [0.25, 0.3) is 5.91 Å². The third-order valence-electron chi connectivity index (χ3n) is 3.79. The van der Waals surface area contributed by atoms with Crippen LogP contribution in [0.25, 0.3) is 0 Å². The second-order valence-electron chi connectivity index (χ2n) is 5.42. The number of carboxylic acids is 1. The fourth-order valence-corrected chi connectivity index (χ4v) is 3.79. The fourth-order valence-electron chi connectivity index (χ4n) is 2.33. The van der Waals surface area contributed by atoms with E-state index in [1.807, 2.05) is 0 Å². The number of rotatable bonds is 8. The minimum Gasteiger partial charge on any atom is -0.478 e. The summed E-state index contributed by atoms with van der Waals surface area (Å²) in [7, 11) is -3.52. The van der Waals surface area contributed by atoms with Crippen molar-refractivity contribution in [1.82, 2.24) is 9.62 Å². The standard InChI is InChI=1S/C17H20N2O6S/c1-3-19(4-2)26(23,24)14-7-5-12(6-8-14)10-18-16(20)15-9-13(11-25-15)17(21)22/h5-9,11H,3-4,10H2,1-2H3,(H,18,20)(H,21,22). The minimum atomic E-state index is -3.52. The maximum Gasteiger partial charge on any atom is 0.338 e. The van der Waals surface area contributed by atoms with Gasteiger partial charge in [-0.15, -0.1) is 0 Å². The molecule has 0 aliphatic rings. The molecule has 0 aliphatic carbocycles. The lowest BCUT2D eigenvalue weighted by Crippen LogP contribution is -2.30. The number of nitrogens with zero attached hydrogens (tertiary/aromatic N) is 1. The molecule has 0 fully saturated rings. The Kier molecular flexibility index (Phi) is 6.17. The Bertz CT molecular complexity index is 882. The lowest BCUT2D eigenvalue weighted by atomic mass is 10.2. The number of aromatic carboxylic acids is 1. The Balaban J connectivity index is 2.03. The third-order valence-corrected chi connectivity index (χ3v) is 5.85. The van der Waals surface area contributed by atoms with Crippen LogP contribution in [0.3, 0.4) is 0 Å². The van der Waals surface area contributed by atoms with Gasteiger partial charge in [0.05, 0.1) is 10.5 Å². The van der Waals surface area contributed by atoms with E-state index in [1.54, 1.807) is 26.0 Å². The average Bonchev–Trinajstić information content (AvgIpc) is 3.11. The molecule has 0 bridgehead atoms. The van der Waals surface area contributed by atoms with E-state index in [-0.39, 0.29) is 22.8 Å². The van der Waals surface area contributed by atoms with Gasteiger partial charge < -0.3 is 14.8 Å². The van der Waals surface area contributed by atoms with Crippen molar-refractivity contribution in [2.24, 2.45) is 0 Å². The first-order chi connectivity index (χ1) is 12.3. The number of benzene rings is 1. The number of amides is 1. The van der Waals surface area contributed by atoms with E-state index in [0.29, 0.717) is 18.7 Å². The van der Waals surface area contributed by atoms with Crippen LogP contribution in [0.5, 0.6) is 0 Å². The summed E-state index contributed by atoms with van der Waals surface area (Å²) in [6.45, 7) is 4.47. The van der Waals surface area contributed by atoms with Gasteiger partial charge >= 0.3 is 5.97 Å². The highest BCUT2D eigenvalue weighted by atomic mass is 32.2. The zero-order valence-corrected chi connectivity index (χ0v) is 15.2. The minimum absolute atomic E-state index is 0.108. The quantitative estimate of drug-likeness (QED) is 0.723. The number of hydrogen-bond acceptors (Lipinski definition) is 5. The molecule has 1 heterocycles. The fraction of sp³-hybridized carbons (Fsp3) is 0.294. The molecule has 9 heteroatoms. The smallest absolute Gasteiger partial charge is 0.338 e. The van der Waals surface area contributed by atoms with Crippen LogP contribution in [0.2, 0.25) is 0 Å². The molecule has 8 nitrogen and oxygen atoms in total. The first-order valence-corrected chi connectivity index (χ1v) is 9.42. The summed E-state index contributed by atoms with van der Waals surface area (Å²) in [6, 6.07) is 7.34. The summed E-state index contributed by atoms with van der Waals surface area (Å²) in [5.74, 6) is -1.85. The van der Waals surface area contributed by atoms with E-state index < -0.39 is 21.9 Å². The Labute approximate surface area is 151 Å². The molecule has 1 aromatic carbocycles. The molecule has 0 atom stereocenters. The molecule has 0 unspecified atom stereocenters. The van der Waals surface area contributed by atoms with Crippen LogP contribution < -0.4 is 5.32 Å². The molecule has 0 spiro atoms. The van der Waals surface area contributed by atoms with Crippen molar-refractivity contribution in [2.75, 3.05) is 13.1 Å². The van der Waals surface area contributed by atoms with Gasteiger partial charge in [0.15, 0.2) is 5.76 Å². The van der Waals surface area contributed by atoms with E-state index in [1.165, 1.54) is 16.4 Å². The van der Waals surface area contributed by atoms with Crippen molar-refractivity contribution in [3.63, 3.8) is 0 Å². The summed E-state index contributed by atoms with van der Waals surface area (Å²) in [5, 5.41) is 11.4. The highest BCUT2D eigenvalue weighted by Crippen LogP contribution is 2.16. The summed E-state index contributed by atoms with van der Waals surface area (Å²) < 4.78 is 31.1. The third kappa shape index (κ3) is 4.30. The van der Waals surface area contributed by atoms with E-state index >= 15 is 0 Å². The first kappa shape index (κ1) is 19.7. The van der Waals surface area contributed by atoms with Crippen LogP contribution in [-0.2, 0) is 16.6 Å². The topological polar surface area (TPSA) is 117 Å². The van der Waals surface area contributed by atoms with Crippen molar-refractivity contribution in [2.45, 2.75) is 25.3 Å². The van der Waals surface area contributed by atoms with Crippen molar-refractivity contribution in [3.8, 4) is 0 Å². The van der Waals surface area contributed by atoms with Crippen LogP contribution in [-0.4, -0.2) is 42.8 Å². The van der Waals surface area contributed by atoms with Gasteiger partial charge in [0.2, 0.25) is 10.0 Å². The van der Waals surface area contributed by atoms with Gasteiger partial charge in [-0.2, -0.15) is 4.31 Å². The number of nitrogens with one attached hydrogen (secondary N) is 1. The Morgan fingerprint density at radius 2 is 1.77 bits per heavy atom. The van der Waals surface area contributed by atoms with Crippen LogP contribution >= 0.6 is 0 Å². The molecular weight excluding hydrogens is 360 g/mol. The van der Waals surface area contributed by atoms with E-state index in [2.05, 4.69) is 5.32 Å². The van der Waals surface area contributed by atoms with E-state index in [9.17, 15) is 18.0 Å². The van der Waals surface area contributed by atoms with Crippen molar-refractivity contribution in [3.05, 3.63) is 53.5 Å². The molecule has 1 amide bonds. The lowest BCUT2D eigenvalue weighted by Gasteiger charge is -2.18. The van der Waals surface area contributed by atoms with Gasteiger partial charge in [-0.05, 0) is 17.7 Å². The number of hydrogen-bond donors (Lipinski definition) is 2. The SMILES string of the molecule is CCN(CC)S(=O)(=O)c1ccc(CNC(=O)c2cc(C(=O)O)co2)cc1. The molecule has 0 saturated carbocycles. The van der Waals surface area contributed by atoms with Crippen LogP contribution in [0, 0.1) is 0 Å². The number of carbonyl (C=O) groups excluding carboxylic acids is 1. The highest BCUT2D eigenvalue weighted by Gasteiger charge is 2.21. The maximum atomic E-state index is 12.4. The highest BCUT2D eigenvalue weighted by molar-refractivity contribution is 7.89. The second kappa shape index (κ2) is 8.15. The van der Waals surface area contributed by atoms with Crippen LogP contribution in [0.4, 0.5) is 0 Å². The molecule has 0 saturated heterocycles. The Morgan fingerprint density at radius 1 is 1.15 bits per heavy atom. The van der Waals surface area contributed by atoms with Crippen molar-refractivity contribution in [1.29, 1.82) is 0 Å². The molecule has 2 N–H and O–H groups in total. The Morgan fingerprint density at radius 3 is 2.27 bits per heavy atom. The van der Waals surface area contributed by atoms with Gasteiger partial charge in [0.1, 0.15) is 6.26 Å². The molecular formula is C17H20N2O6S. The molecule has 1 aromatic heterocycles. The second-order valence-corrected chi connectivity index (χ2v) is 7.36. The molecule has 2 aromatic rings. The van der Waals surface area contributed by atoms with Gasteiger partial charge in [-0.3, -0.25) is 4.79 Å².